The van der Waals surface area contributed by atoms with E-state index in [1.807, 2.05) is 24.3 Å². The molecule has 3 rings (SSSR count). The third-order valence-corrected chi connectivity index (χ3v) is 4.19. The normalized spacial score (nSPS) is 28.1. The largest absolute Gasteiger partial charge is 0.273 e. The van der Waals surface area contributed by atoms with Gasteiger partial charge in [-0.3, -0.25) is 4.79 Å². The van der Waals surface area contributed by atoms with Gasteiger partial charge in [0.2, 0.25) is 5.91 Å². The lowest BCUT2D eigenvalue weighted by Gasteiger charge is -2.18. The summed E-state index contributed by atoms with van der Waals surface area (Å²) in [5, 5.41) is 2.40. The highest BCUT2D eigenvalue weighted by atomic mass is 35.5. The van der Waals surface area contributed by atoms with Crippen molar-refractivity contribution in [1.29, 1.82) is 0 Å². The monoisotopic (exact) mass is 264 g/mol. The summed E-state index contributed by atoms with van der Waals surface area (Å²) in [6.07, 6.45) is 5.75. The fourth-order valence-electron chi connectivity index (χ4n) is 2.94. The van der Waals surface area contributed by atoms with Crippen LogP contribution in [0.5, 0.6) is 0 Å². The van der Waals surface area contributed by atoms with Crippen LogP contribution in [0.25, 0.3) is 0 Å². The molecule has 2 atom stereocenters. The Morgan fingerprint density at radius 2 is 1.83 bits per heavy atom. The van der Waals surface area contributed by atoms with Gasteiger partial charge in [0.15, 0.2) is 0 Å². The highest BCUT2D eigenvalue weighted by Crippen LogP contribution is 2.32. The molecule has 1 saturated carbocycles. The van der Waals surface area contributed by atoms with Gasteiger partial charge in [0.1, 0.15) is 0 Å². The van der Waals surface area contributed by atoms with Gasteiger partial charge in [-0.05, 0) is 37.1 Å². The average Bonchev–Trinajstić information content (AvgIpc) is 2.57. The molecule has 1 aliphatic carbocycles. The molecule has 1 N–H and O–H groups in total. The van der Waals surface area contributed by atoms with E-state index in [0.29, 0.717) is 11.1 Å². The molecular formula is C14H17ClN2O. The second-order valence-electron chi connectivity index (χ2n) is 5.13. The molecule has 1 aromatic rings. The molecule has 1 saturated heterocycles. The summed E-state index contributed by atoms with van der Waals surface area (Å²) in [7, 11) is 0. The van der Waals surface area contributed by atoms with Crippen molar-refractivity contribution < 1.29 is 4.79 Å². The summed E-state index contributed by atoms with van der Waals surface area (Å²) in [4.78, 5) is 12.4. The van der Waals surface area contributed by atoms with Crippen molar-refractivity contribution in [2.75, 3.05) is 5.01 Å². The van der Waals surface area contributed by atoms with Crippen LogP contribution in [-0.4, -0.2) is 11.9 Å². The van der Waals surface area contributed by atoms with Gasteiger partial charge < -0.3 is 0 Å². The van der Waals surface area contributed by atoms with E-state index in [1.165, 1.54) is 19.3 Å². The zero-order valence-electron chi connectivity index (χ0n) is 10.2. The van der Waals surface area contributed by atoms with E-state index in [4.69, 9.17) is 11.6 Å². The smallest absolute Gasteiger partial charge is 0.246 e. The molecule has 3 nitrogen and oxygen atoms in total. The first-order chi connectivity index (χ1) is 8.75. The highest BCUT2D eigenvalue weighted by molar-refractivity contribution is 6.30. The maximum atomic E-state index is 12.4. The number of hydrazine groups is 1. The molecule has 18 heavy (non-hydrogen) atoms. The molecule has 1 heterocycles. The van der Waals surface area contributed by atoms with E-state index < -0.39 is 0 Å². The van der Waals surface area contributed by atoms with Crippen molar-refractivity contribution in [3.8, 4) is 0 Å². The number of halogens is 1. The van der Waals surface area contributed by atoms with Gasteiger partial charge in [-0.25, -0.2) is 10.4 Å². The summed E-state index contributed by atoms with van der Waals surface area (Å²) in [5.41, 5.74) is 4.25. The standard InChI is InChI=1S/C14H17ClN2O/c15-10-6-8-11(9-7-10)17-14(18)12-4-2-1-3-5-13(12)16-17/h6-9,12-13,16H,1-5H2. The van der Waals surface area contributed by atoms with Crippen molar-refractivity contribution in [2.24, 2.45) is 5.92 Å². The number of benzene rings is 1. The minimum atomic E-state index is 0.156. The molecule has 0 aromatic heterocycles. The Morgan fingerprint density at radius 1 is 1.11 bits per heavy atom. The highest BCUT2D eigenvalue weighted by Gasteiger charge is 2.40. The number of nitrogens with zero attached hydrogens (tertiary/aromatic N) is 1. The Bertz CT molecular complexity index is 446. The maximum Gasteiger partial charge on any atom is 0.246 e. The predicted octanol–water partition coefficient (Wildman–Crippen LogP) is 3.14. The number of nitrogens with one attached hydrogen (secondary N) is 1. The van der Waals surface area contributed by atoms with Gasteiger partial charge in [0.05, 0.1) is 11.6 Å². The summed E-state index contributed by atoms with van der Waals surface area (Å²) < 4.78 is 0. The van der Waals surface area contributed by atoms with Crippen LogP contribution < -0.4 is 10.4 Å². The third kappa shape index (κ3) is 2.13. The van der Waals surface area contributed by atoms with Crippen molar-refractivity contribution in [2.45, 2.75) is 38.1 Å². The molecule has 1 aromatic carbocycles. The van der Waals surface area contributed by atoms with Crippen molar-refractivity contribution in [1.82, 2.24) is 5.43 Å². The maximum absolute atomic E-state index is 12.4. The van der Waals surface area contributed by atoms with E-state index in [-0.39, 0.29) is 11.8 Å². The fourth-order valence-corrected chi connectivity index (χ4v) is 3.07. The SMILES string of the molecule is O=C1C2CCCCCC2NN1c1ccc(Cl)cc1. The minimum Gasteiger partial charge on any atom is -0.273 e. The van der Waals surface area contributed by atoms with Crippen LogP contribution in [-0.2, 0) is 4.79 Å². The topological polar surface area (TPSA) is 32.3 Å². The lowest BCUT2D eigenvalue weighted by atomic mass is 9.96. The molecule has 2 fully saturated rings. The van der Waals surface area contributed by atoms with Crippen molar-refractivity contribution >= 4 is 23.2 Å². The minimum absolute atomic E-state index is 0.156. The molecule has 2 aliphatic rings. The number of anilines is 1. The van der Waals surface area contributed by atoms with Crippen molar-refractivity contribution in [3.05, 3.63) is 29.3 Å². The van der Waals surface area contributed by atoms with Gasteiger partial charge in [-0.2, -0.15) is 0 Å². The third-order valence-electron chi connectivity index (χ3n) is 3.93. The first-order valence-electron chi connectivity index (χ1n) is 6.61. The molecule has 0 spiro atoms. The molecular weight excluding hydrogens is 248 g/mol. The quantitative estimate of drug-likeness (QED) is 0.845. The molecule has 1 amide bonds. The Balaban J connectivity index is 1.82. The van der Waals surface area contributed by atoms with E-state index >= 15 is 0 Å². The van der Waals surface area contributed by atoms with Crippen LogP contribution in [0.4, 0.5) is 5.69 Å². The molecule has 1 aliphatic heterocycles. The predicted molar refractivity (Wildman–Crippen MR) is 72.4 cm³/mol. The first kappa shape index (κ1) is 12.0. The summed E-state index contributed by atoms with van der Waals surface area (Å²) in [5.74, 6) is 0.368. The van der Waals surface area contributed by atoms with Crippen LogP contribution in [0.3, 0.4) is 0 Å². The first-order valence-corrected chi connectivity index (χ1v) is 6.99. The lowest BCUT2D eigenvalue weighted by molar-refractivity contribution is -0.120. The van der Waals surface area contributed by atoms with Gasteiger partial charge in [-0.1, -0.05) is 30.9 Å². The van der Waals surface area contributed by atoms with E-state index in [1.54, 1.807) is 5.01 Å². The van der Waals surface area contributed by atoms with Crippen LogP contribution in [0.15, 0.2) is 24.3 Å². The molecule has 2 unspecified atom stereocenters. The molecule has 0 bridgehead atoms. The number of rotatable bonds is 1. The van der Waals surface area contributed by atoms with Crippen molar-refractivity contribution in [3.63, 3.8) is 0 Å². The van der Waals surface area contributed by atoms with Gasteiger partial charge in [0, 0.05) is 11.1 Å². The van der Waals surface area contributed by atoms with Gasteiger partial charge >= 0.3 is 0 Å². The second kappa shape index (κ2) is 4.90. The number of fused-ring (bicyclic) bond motifs is 1. The fraction of sp³-hybridized carbons (Fsp3) is 0.500. The zero-order valence-corrected chi connectivity index (χ0v) is 11.0. The van der Waals surface area contributed by atoms with Gasteiger partial charge in [-0.15, -0.1) is 0 Å². The lowest BCUT2D eigenvalue weighted by Crippen LogP contribution is -2.37. The van der Waals surface area contributed by atoms with E-state index in [9.17, 15) is 4.79 Å². The number of amides is 1. The Labute approximate surface area is 112 Å². The number of hydrogen-bond acceptors (Lipinski definition) is 2. The zero-order chi connectivity index (χ0) is 12.5. The summed E-state index contributed by atoms with van der Waals surface area (Å²) in [6.45, 7) is 0. The number of carbonyl (C=O) groups is 1. The molecule has 4 heteroatoms. The number of hydrogen-bond donors (Lipinski definition) is 1. The van der Waals surface area contributed by atoms with Gasteiger partial charge in [0.25, 0.3) is 0 Å². The second-order valence-corrected chi connectivity index (χ2v) is 5.57. The average molecular weight is 265 g/mol. The van der Waals surface area contributed by atoms with Crippen LogP contribution in [0.1, 0.15) is 32.1 Å². The Morgan fingerprint density at radius 3 is 2.61 bits per heavy atom. The van der Waals surface area contributed by atoms with Crippen LogP contribution in [0, 0.1) is 5.92 Å². The number of carbonyl (C=O) groups excluding carboxylic acids is 1. The summed E-state index contributed by atoms with van der Waals surface area (Å²) in [6, 6.07) is 7.73. The Kier molecular flexibility index (Phi) is 3.27. The van der Waals surface area contributed by atoms with Crippen LogP contribution in [0.2, 0.25) is 5.02 Å². The Hall–Kier alpha value is -1.06. The van der Waals surface area contributed by atoms with E-state index in [2.05, 4.69) is 5.43 Å². The molecule has 96 valence electrons. The van der Waals surface area contributed by atoms with Crippen LogP contribution >= 0.6 is 11.6 Å². The molecule has 0 radical (unpaired) electrons. The van der Waals surface area contributed by atoms with E-state index in [0.717, 1.165) is 18.5 Å². The summed E-state index contributed by atoms with van der Waals surface area (Å²) >= 11 is 5.87.